The number of halogens is 1. The first kappa shape index (κ1) is 14.2. The van der Waals surface area contributed by atoms with E-state index in [1.807, 2.05) is 0 Å². The Kier molecular flexibility index (Phi) is 8.64. The zero-order valence-electron chi connectivity index (χ0n) is 9.85. The summed E-state index contributed by atoms with van der Waals surface area (Å²) >= 11 is 5.76. The minimum absolute atomic E-state index is 0.468. The summed E-state index contributed by atoms with van der Waals surface area (Å²) in [6.45, 7) is 11.2. The molecule has 1 N–H and O–H groups in total. The maximum absolute atomic E-state index is 5.76. The highest BCUT2D eigenvalue weighted by molar-refractivity contribution is 6.18. The SMILES string of the molecule is CC(C)COCCNC(C)C(C)CCl. The Hall–Kier alpha value is 0.210. The van der Waals surface area contributed by atoms with Crippen LogP contribution in [0.5, 0.6) is 0 Å². The lowest BCUT2D eigenvalue weighted by Crippen LogP contribution is -2.35. The van der Waals surface area contributed by atoms with Gasteiger partial charge >= 0.3 is 0 Å². The Labute approximate surface area is 93.4 Å². The summed E-state index contributed by atoms with van der Waals surface area (Å²) < 4.78 is 5.46. The van der Waals surface area contributed by atoms with E-state index in [2.05, 4.69) is 33.0 Å². The molecule has 0 aromatic carbocycles. The van der Waals surface area contributed by atoms with Gasteiger partial charge in [-0.15, -0.1) is 11.6 Å². The highest BCUT2D eigenvalue weighted by Crippen LogP contribution is 2.03. The summed E-state index contributed by atoms with van der Waals surface area (Å²) in [5.74, 6) is 1.84. The van der Waals surface area contributed by atoms with E-state index in [1.54, 1.807) is 0 Å². The molecule has 2 nitrogen and oxygen atoms in total. The Balaban J connectivity index is 3.27. The summed E-state index contributed by atoms with van der Waals surface area (Å²) in [7, 11) is 0. The molecule has 0 aliphatic heterocycles. The van der Waals surface area contributed by atoms with Gasteiger partial charge in [0.1, 0.15) is 0 Å². The molecule has 2 atom stereocenters. The van der Waals surface area contributed by atoms with Crippen LogP contribution in [0.25, 0.3) is 0 Å². The molecule has 0 aliphatic carbocycles. The minimum atomic E-state index is 0.468. The second-order valence-electron chi connectivity index (χ2n) is 4.34. The highest BCUT2D eigenvalue weighted by Gasteiger charge is 2.09. The molecule has 0 bridgehead atoms. The molecule has 0 saturated carbocycles. The van der Waals surface area contributed by atoms with Gasteiger partial charge in [-0.25, -0.2) is 0 Å². The van der Waals surface area contributed by atoms with Crippen molar-refractivity contribution in [3.63, 3.8) is 0 Å². The van der Waals surface area contributed by atoms with Gasteiger partial charge in [0.15, 0.2) is 0 Å². The molecule has 0 aromatic heterocycles. The van der Waals surface area contributed by atoms with Gasteiger partial charge in [0, 0.05) is 25.1 Å². The normalized spacial score (nSPS) is 15.9. The Morgan fingerprint density at radius 3 is 2.36 bits per heavy atom. The zero-order valence-corrected chi connectivity index (χ0v) is 10.6. The van der Waals surface area contributed by atoms with Crippen LogP contribution in [0, 0.1) is 11.8 Å². The first-order chi connectivity index (χ1) is 6.57. The van der Waals surface area contributed by atoms with Crippen molar-refractivity contribution in [2.75, 3.05) is 25.6 Å². The van der Waals surface area contributed by atoms with E-state index in [-0.39, 0.29) is 0 Å². The highest BCUT2D eigenvalue weighted by atomic mass is 35.5. The minimum Gasteiger partial charge on any atom is -0.380 e. The number of ether oxygens (including phenoxy) is 1. The second-order valence-corrected chi connectivity index (χ2v) is 4.65. The average Bonchev–Trinajstić information content (AvgIpc) is 2.15. The number of rotatable bonds is 8. The first-order valence-corrected chi connectivity index (χ1v) is 5.98. The van der Waals surface area contributed by atoms with Gasteiger partial charge in [0.2, 0.25) is 0 Å². The number of hydrogen-bond acceptors (Lipinski definition) is 2. The molecule has 0 saturated heterocycles. The lowest BCUT2D eigenvalue weighted by atomic mass is 10.1. The molecular formula is C11H24ClNO. The van der Waals surface area contributed by atoms with Crippen molar-refractivity contribution in [1.82, 2.24) is 5.32 Å². The van der Waals surface area contributed by atoms with Crippen molar-refractivity contribution < 1.29 is 4.74 Å². The molecule has 0 aliphatic rings. The van der Waals surface area contributed by atoms with Crippen LogP contribution in [-0.2, 0) is 4.74 Å². The standard InChI is InChI=1S/C11H24ClNO/c1-9(2)8-14-6-5-13-11(4)10(3)7-12/h9-11,13H,5-8H2,1-4H3. The molecule has 0 amide bonds. The fourth-order valence-corrected chi connectivity index (χ4v) is 1.28. The molecular weight excluding hydrogens is 198 g/mol. The summed E-state index contributed by atoms with van der Waals surface area (Å²) in [5, 5.41) is 3.40. The molecule has 0 rings (SSSR count). The van der Waals surface area contributed by atoms with Crippen molar-refractivity contribution in [1.29, 1.82) is 0 Å². The molecule has 0 heterocycles. The largest absolute Gasteiger partial charge is 0.380 e. The lowest BCUT2D eigenvalue weighted by Gasteiger charge is -2.19. The number of hydrogen-bond donors (Lipinski definition) is 1. The number of alkyl halides is 1. The first-order valence-electron chi connectivity index (χ1n) is 5.45. The summed E-state index contributed by atoms with van der Waals surface area (Å²) in [4.78, 5) is 0. The molecule has 14 heavy (non-hydrogen) atoms. The zero-order chi connectivity index (χ0) is 11.0. The molecule has 0 radical (unpaired) electrons. The lowest BCUT2D eigenvalue weighted by molar-refractivity contribution is 0.109. The van der Waals surface area contributed by atoms with Crippen molar-refractivity contribution in [3.05, 3.63) is 0 Å². The Morgan fingerprint density at radius 2 is 1.86 bits per heavy atom. The number of nitrogens with one attached hydrogen (secondary N) is 1. The third kappa shape index (κ3) is 7.60. The summed E-state index contributed by atoms with van der Waals surface area (Å²) in [6, 6.07) is 0.468. The van der Waals surface area contributed by atoms with Crippen LogP contribution in [0.3, 0.4) is 0 Å². The van der Waals surface area contributed by atoms with Gasteiger partial charge in [-0.1, -0.05) is 20.8 Å². The fraction of sp³-hybridized carbons (Fsp3) is 1.00. The van der Waals surface area contributed by atoms with E-state index < -0.39 is 0 Å². The van der Waals surface area contributed by atoms with Crippen molar-refractivity contribution in [2.45, 2.75) is 33.7 Å². The van der Waals surface area contributed by atoms with Crippen LogP contribution in [0.4, 0.5) is 0 Å². The second kappa shape index (κ2) is 8.51. The third-order valence-corrected chi connectivity index (χ3v) is 2.75. The monoisotopic (exact) mass is 221 g/mol. The van der Waals surface area contributed by atoms with E-state index >= 15 is 0 Å². The molecule has 86 valence electrons. The molecule has 0 spiro atoms. The third-order valence-electron chi connectivity index (χ3n) is 2.26. The average molecular weight is 222 g/mol. The van der Waals surface area contributed by atoms with Crippen molar-refractivity contribution in [3.8, 4) is 0 Å². The van der Waals surface area contributed by atoms with Crippen molar-refractivity contribution in [2.24, 2.45) is 11.8 Å². The summed E-state index contributed by atoms with van der Waals surface area (Å²) in [6.07, 6.45) is 0. The Morgan fingerprint density at radius 1 is 1.21 bits per heavy atom. The predicted molar refractivity (Wildman–Crippen MR) is 63.0 cm³/mol. The van der Waals surface area contributed by atoms with E-state index in [0.29, 0.717) is 23.8 Å². The Bertz CT molecular complexity index is 130. The quantitative estimate of drug-likeness (QED) is 0.503. The van der Waals surface area contributed by atoms with Gasteiger partial charge in [-0.05, 0) is 18.8 Å². The van der Waals surface area contributed by atoms with Crippen LogP contribution >= 0.6 is 11.6 Å². The van der Waals surface area contributed by atoms with Gasteiger partial charge in [0.05, 0.1) is 6.61 Å². The van der Waals surface area contributed by atoms with E-state index in [0.717, 1.165) is 19.8 Å². The van der Waals surface area contributed by atoms with Crippen LogP contribution < -0.4 is 5.32 Å². The van der Waals surface area contributed by atoms with E-state index in [4.69, 9.17) is 16.3 Å². The molecule has 3 heteroatoms. The predicted octanol–water partition coefficient (Wildman–Crippen LogP) is 2.51. The van der Waals surface area contributed by atoms with Gasteiger partial charge in [0.25, 0.3) is 0 Å². The van der Waals surface area contributed by atoms with Gasteiger partial charge < -0.3 is 10.1 Å². The van der Waals surface area contributed by atoms with Crippen LogP contribution in [0.1, 0.15) is 27.7 Å². The van der Waals surface area contributed by atoms with Crippen LogP contribution in [0.2, 0.25) is 0 Å². The van der Waals surface area contributed by atoms with E-state index in [9.17, 15) is 0 Å². The topological polar surface area (TPSA) is 21.3 Å². The fourth-order valence-electron chi connectivity index (χ4n) is 1.01. The van der Waals surface area contributed by atoms with Gasteiger partial charge in [-0.3, -0.25) is 0 Å². The molecule has 0 fully saturated rings. The van der Waals surface area contributed by atoms with Gasteiger partial charge in [-0.2, -0.15) is 0 Å². The molecule has 2 unspecified atom stereocenters. The maximum atomic E-state index is 5.76. The maximum Gasteiger partial charge on any atom is 0.0591 e. The van der Waals surface area contributed by atoms with E-state index in [1.165, 1.54) is 0 Å². The van der Waals surface area contributed by atoms with Crippen LogP contribution in [-0.4, -0.2) is 31.7 Å². The van der Waals surface area contributed by atoms with Crippen LogP contribution in [0.15, 0.2) is 0 Å². The summed E-state index contributed by atoms with van der Waals surface area (Å²) in [5.41, 5.74) is 0. The van der Waals surface area contributed by atoms with Crippen molar-refractivity contribution >= 4 is 11.6 Å². The smallest absolute Gasteiger partial charge is 0.0591 e. The molecule has 0 aromatic rings.